The van der Waals surface area contributed by atoms with Crippen molar-refractivity contribution in [1.29, 1.82) is 0 Å². The second-order valence-corrected chi connectivity index (χ2v) is 7.36. The molecule has 0 aliphatic heterocycles. The third kappa shape index (κ3) is 6.30. The Balaban J connectivity index is 1.75. The first-order valence-electron chi connectivity index (χ1n) is 10.4. The van der Waals surface area contributed by atoms with Crippen LogP contribution in [0.4, 0.5) is 0 Å². The Bertz CT molecular complexity index is 1010. The lowest BCUT2D eigenvalue weighted by molar-refractivity contribution is -0.139. The van der Waals surface area contributed by atoms with Crippen LogP contribution in [0.5, 0.6) is 5.75 Å². The van der Waals surface area contributed by atoms with E-state index in [-0.39, 0.29) is 19.8 Å². The number of carbonyl (C=O) groups excluding carboxylic acids is 1. The Kier molecular flexibility index (Phi) is 8.02. The molecular formula is C27H28O4. The molecule has 0 unspecified atom stereocenters. The molecule has 0 heterocycles. The maximum atomic E-state index is 11.5. The van der Waals surface area contributed by atoms with Gasteiger partial charge in [-0.2, -0.15) is 0 Å². The summed E-state index contributed by atoms with van der Waals surface area (Å²) in [6, 6.07) is 24.8. The van der Waals surface area contributed by atoms with Gasteiger partial charge in [0.25, 0.3) is 0 Å². The highest BCUT2D eigenvalue weighted by Gasteiger charge is 2.09. The van der Waals surface area contributed by atoms with Crippen LogP contribution in [-0.4, -0.2) is 30.9 Å². The molecule has 4 nitrogen and oxygen atoms in total. The summed E-state index contributed by atoms with van der Waals surface area (Å²) < 4.78 is 11.0. The van der Waals surface area contributed by atoms with Gasteiger partial charge in [0, 0.05) is 12.2 Å². The molecule has 1 N–H and O–H groups in total. The predicted octanol–water partition coefficient (Wildman–Crippen LogP) is 5.44. The van der Waals surface area contributed by atoms with E-state index in [1.54, 1.807) is 6.92 Å². The summed E-state index contributed by atoms with van der Waals surface area (Å²) in [6.07, 6.45) is 1.37. The molecule has 0 fully saturated rings. The first-order chi connectivity index (χ1) is 15.1. The van der Waals surface area contributed by atoms with Crippen molar-refractivity contribution >= 4 is 5.97 Å². The Morgan fingerprint density at radius 1 is 0.871 bits per heavy atom. The Morgan fingerprint density at radius 2 is 1.48 bits per heavy atom. The molecule has 0 aromatic heterocycles. The number of hydrogen-bond acceptors (Lipinski definition) is 4. The van der Waals surface area contributed by atoms with E-state index in [1.165, 1.54) is 11.1 Å². The van der Waals surface area contributed by atoms with Gasteiger partial charge in [-0.3, -0.25) is 0 Å². The number of ether oxygens (including phenoxy) is 2. The normalized spacial score (nSPS) is 10.5. The minimum Gasteiger partial charge on any atom is -0.490 e. The third-order valence-electron chi connectivity index (χ3n) is 4.92. The molecule has 0 saturated carbocycles. The highest BCUT2D eigenvalue weighted by atomic mass is 16.6. The van der Waals surface area contributed by atoms with E-state index in [0.29, 0.717) is 18.4 Å². The molecule has 0 amide bonds. The average Bonchev–Trinajstić information content (AvgIpc) is 2.81. The molecule has 0 bridgehead atoms. The topological polar surface area (TPSA) is 55.8 Å². The molecule has 31 heavy (non-hydrogen) atoms. The number of aliphatic hydroxyl groups excluding tert-OH is 1. The molecule has 3 aromatic carbocycles. The number of aryl methyl sites for hydroxylation is 1. The minimum atomic E-state index is -0.420. The van der Waals surface area contributed by atoms with Gasteiger partial charge in [-0.25, -0.2) is 4.79 Å². The van der Waals surface area contributed by atoms with Crippen molar-refractivity contribution in [1.82, 2.24) is 0 Å². The van der Waals surface area contributed by atoms with E-state index >= 15 is 0 Å². The van der Waals surface area contributed by atoms with Gasteiger partial charge in [0.1, 0.15) is 19.0 Å². The smallest absolute Gasteiger partial charge is 0.333 e. The number of carbonyl (C=O) groups is 1. The van der Waals surface area contributed by atoms with Crippen LogP contribution in [0.15, 0.2) is 84.9 Å². The molecule has 0 aliphatic carbocycles. The van der Waals surface area contributed by atoms with Crippen LogP contribution in [-0.2, 0) is 16.0 Å². The SMILES string of the molecule is C=C(C)C(=O)OCCOc1cc(-c2ccc(-c3ccccc3)cc2)ccc1CCCO. The number of benzene rings is 3. The Labute approximate surface area is 183 Å². The van der Waals surface area contributed by atoms with Gasteiger partial charge in [0.2, 0.25) is 0 Å². The van der Waals surface area contributed by atoms with E-state index in [4.69, 9.17) is 9.47 Å². The largest absolute Gasteiger partial charge is 0.490 e. The molecule has 0 spiro atoms. The van der Waals surface area contributed by atoms with Crippen molar-refractivity contribution in [3.63, 3.8) is 0 Å². The molecule has 0 radical (unpaired) electrons. The molecule has 4 heteroatoms. The van der Waals surface area contributed by atoms with Crippen molar-refractivity contribution in [3.05, 3.63) is 90.5 Å². The Hall–Kier alpha value is -3.37. The quantitative estimate of drug-likeness (QED) is 0.271. The van der Waals surface area contributed by atoms with Gasteiger partial charge in [-0.05, 0) is 53.6 Å². The molecule has 3 aromatic rings. The monoisotopic (exact) mass is 416 g/mol. The summed E-state index contributed by atoms with van der Waals surface area (Å²) in [7, 11) is 0. The fraction of sp³-hybridized carbons (Fsp3) is 0.222. The van der Waals surface area contributed by atoms with Crippen LogP contribution in [0.1, 0.15) is 18.9 Å². The summed E-state index contributed by atoms with van der Waals surface area (Å²) in [5, 5.41) is 9.19. The lowest BCUT2D eigenvalue weighted by atomic mass is 9.98. The molecule has 3 rings (SSSR count). The summed E-state index contributed by atoms with van der Waals surface area (Å²) in [5.74, 6) is 0.320. The first-order valence-corrected chi connectivity index (χ1v) is 10.4. The van der Waals surface area contributed by atoms with Gasteiger partial charge in [-0.15, -0.1) is 0 Å². The van der Waals surface area contributed by atoms with Gasteiger partial charge in [0.05, 0.1) is 0 Å². The van der Waals surface area contributed by atoms with Crippen LogP contribution in [0, 0.1) is 0 Å². The van der Waals surface area contributed by atoms with Gasteiger partial charge >= 0.3 is 5.97 Å². The van der Waals surface area contributed by atoms with Crippen molar-refractivity contribution in [2.45, 2.75) is 19.8 Å². The third-order valence-corrected chi connectivity index (χ3v) is 4.92. The Morgan fingerprint density at radius 3 is 2.13 bits per heavy atom. The van der Waals surface area contributed by atoms with Crippen LogP contribution >= 0.6 is 0 Å². The van der Waals surface area contributed by atoms with Crippen molar-refractivity contribution in [3.8, 4) is 28.0 Å². The van der Waals surface area contributed by atoms with E-state index in [9.17, 15) is 9.90 Å². The van der Waals surface area contributed by atoms with E-state index in [2.05, 4.69) is 49.0 Å². The maximum Gasteiger partial charge on any atom is 0.333 e. The van der Waals surface area contributed by atoms with Crippen molar-refractivity contribution in [2.75, 3.05) is 19.8 Å². The average molecular weight is 417 g/mol. The highest BCUT2D eigenvalue weighted by molar-refractivity contribution is 5.86. The summed E-state index contributed by atoms with van der Waals surface area (Å²) in [6.45, 7) is 5.71. The zero-order valence-corrected chi connectivity index (χ0v) is 17.8. The fourth-order valence-corrected chi connectivity index (χ4v) is 3.24. The van der Waals surface area contributed by atoms with Gasteiger partial charge < -0.3 is 14.6 Å². The minimum absolute atomic E-state index is 0.123. The number of rotatable bonds is 10. The van der Waals surface area contributed by atoms with Crippen LogP contribution in [0.2, 0.25) is 0 Å². The summed E-state index contributed by atoms with van der Waals surface area (Å²) in [4.78, 5) is 11.5. The molecule has 160 valence electrons. The summed E-state index contributed by atoms with van der Waals surface area (Å²) in [5.41, 5.74) is 5.87. The van der Waals surface area contributed by atoms with Crippen LogP contribution < -0.4 is 4.74 Å². The predicted molar refractivity (Wildman–Crippen MR) is 124 cm³/mol. The molecule has 0 atom stereocenters. The van der Waals surface area contributed by atoms with Crippen LogP contribution in [0.25, 0.3) is 22.3 Å². The van der Waals surface area contributed by atoms with E-state index in [1.807, 2.05) is 30.3 Å². The second-order valence-electron chi connectivity index (χ2n) is 7.36. The van der Waals surface area contributed by atoms with Crippen molar-refractivity contribution in [2.24, 2.45) is 0 Å². The number of hydrogen-bond donors (Lipinski definition) is 1. The standard InChI is InChI=1S/C27H28O4/c1-20(2)27(29)31-18-17-30-26-19-25(15-14-24(26)9-6-16-28)23-12-10-22(11-13-23)21-7-4-3-5-8-21/h3-5,7-8,10-15,19,28H,1,6,9,16-18H2,2H3. The molecular weight excluding hydrogens is 388 g/mol. The zero-order chi connectivity index (χ0) is 22.1. The van der Waals surface area contributed by atoms with Gasteiger partial charge in [0.15, 0.2) is 0 Å². The van der Waals surface area contributed by atoms with Crippen LogP contribution in [0.3, 0.4) is 0 Å². The lowest BCUT2D eigenvalue weighted by Gasteiger charge is -2.14. The fourth-order valence-electron chi connectivity index (χ4n) is 3.24. The molecule has 0 aliphatic rings. The zero-order valence-electron chi connectivity index (χ0n) is 17.8. The number of esters is 1. The second kappa shape index (κ2) is 11.1. The first kappa shape index (κ1) is 22.3. The van der Waals surface area contributed by atoms with E-state index in [0.717, 1.165) is 22.4 Å². The lowest BCUT2D eigenvalue weighted by Crippen LogP contribution is -2.13. The van der Waals surface area contributed by atoms with Gasteiger partial charge in [-0.1, -0.05) is 73.3 Å². The molecule has 0 saturated heterocycles. The highest BCUT2D eigenvalue weighted by Crippen LogP contribution is 2.30. The van der Waals surface area contributed by atoms with Crippen molar-refractivity contribution < 1.29 is 19.4 Å². The number of aliphatic hydroxyl groups is 1. The van der Waals surface area contributed by atoms with E-state index < -0.39 is 5.97 Å². The maximum absolute atomic E-state index is 11.5. The summed E-state index contributed by atoms with van der Waals surface area (Å²) >= 11 is 0.